The average Bonchev–Trinajstić information content (AvgIpc) is 2.31. The largest absolute Gasteiger partial charge is 0.467 e. The van der Waals surface area contributed by atoms with E-state index in [2.05, 4.69) is 5.32 Å². The summed E-state index contributed by atoms with van der Waals surface area (Å²) in [4.78, 5) is 11.7. The molecule has 0 aliphatic rings. The van der Waals surface area contributed by atoms with Gasteiger partial charge in [0, 0.05) is 5.02 Å². The lowest BCUT2D eigenvalue weighted by Gasteiger charge is -2.20. The number of rotatable bonds is 5. The first-order valence-corrected chi connectivity index (χ1v) is 6.21. The minimum atomic E-state index is -0.421. The van der Waals surface area contributed by atoms with Crippen molar-refractivity contribution >= 4 is 28.9 Å². The molecule has 1 aromatic rings. The van der Waals surface area contributed by atoms with Crippen molar-refractivity contribution in [1.29, 1.82) is 0 Å². The number of nitrogens with two attached hydrogens (primary N) is 1. The van der Waals surface area contributed by atoms with Crippen LogP contribution in [-0.2, 0) is 9.53 Å². The number of hydrogen-bond donors (Lipinski definition) is 2. The number of carbonyl (C=O) groups excluding carboxylic acids is 1. The maximum Gasteiger partial charge on any atom is 0.328 e. The van der Waals surface area contributed by atoms with Gasteiger partial charge < -0.3 is 15.8 Å². The maximum absolute atomic E-state index is 11.7. The topological polar surface area (TPSA) is 64.3 Å². The normalized spacial score (nSPS) is 12.3. The molecule has 0 spiro atoms. The lowest BCUT2D eigenvalue weighted by molar-refractivity contribution is -0.141. The van der Waals surface area contributed by atoms with Crippen LogP contribution in [-0.4, -0.2) is 19.1 Å². The van der Waals surface area contributed by atoms with Gasteiger partial charge in [-0.3, -0.25) is 0 Å². The molecule has 0 aliphatic heterocycles. The highest BCUT2D eigenvalue weighted by Gasteiger charge is 2.21. The Hall–Kier alpha value is -1.42. The summed E-state index contributed by atoms with van der Waals surface area (Å²) in [5.74, 6) is 0.0603. The Morgan fingerprint density at radius 3 is 2.72 bits per heavy atom. The molecule has 0 bridgehead atoms. The zero-order valence-electron chi connectivity index (χ0n) is 10.9. The zero-order valence-corrected chi connectivity index (χ0v) is 11.6. The number of anilines is 2. The Bertz CT molecular complexity index is 421. The quantitative estimate of drug-likeness (QED) is 0.638. The Labute approximate surface area is 112 Å². The van der Waals surface area contributed by atoms with Crippen molar-refractivity contribution in [3.8, 4) is 0 Å². The van der Waals surface area contributed by atoms with Gasteiger partial charge in [-0.05, 0) is 30.5 Å². The molecule has 5 heteroatoms. The lowest BCUT2D eigenvalue weighted by Crippen LogP contribution is -2.32. The summed E-state index contributed by atoms with van der Waals surface area (Å²) in [6.45, 7) is 4.08. The zero-order chi connectivity index (χ0) is 13.7. The van der Waals surface area contributed by atoms with Crippen LogP contribution in [0.1, 0.15) is 20.3 Å². The molecule has 0 amide bonds. The van der Waals surface area contributed by atoms with Gasteiger partial charge in [-0.1, -0.05) is 25.4 Å². The average molecular weight is 271 g/mol. The van der Waals surface area contributed by atoms with Crippen LogP contribution in [0.25, 0.3) is 0 Å². The van der Waals surface area contributed by atoms with Crippen LogP contribution >= 0.6 is 11.6 Å². The lowest BCUT2D eigenvalue weighted by atomic mass is 10.0. The molecule has 4 nitrogen and oxygen atoms in total. The summed E-state index contributed by atoms with van der Waals surface area (Å²) >= 11 is 5.91. The highest BCUT2D eigenvalue weighted by molar-refractivity contribution is 6.31. The molecular weight excluding hydrogens is 252 g/mol. The second kappa shape index (κ2) is 6.50. The molecule has 1 atom stereocenters. The molecule has 0 radical (unpaired) electrons. The molecule has 0 aromatic heterocycles. The van der Waals surface area contributed by atoms with Gasteiger partial charge >= 0.3 is 5.97 Å². The fourth-order valence-electron chi connectivity index (χ4n) is 1.67. The Balaban J connectivity index is 2.88. The van der Waals surface area contributed by atoms with Gasteiger partial charge in [0.15, 0.2) is 0 Å². The number of esters is 1. The van der Waals surface area contributed by atoms with Gasteiger partial charge in [-0.25, -0.2) is 4.79 Å². The molecular formula is C13H19ClN2O2. The van der Waals surface area contributed by atoms with E-state index in [0.29, 0.717) is 28.7 Å². The number of carbonyl (C=O) groups is 1. The molecule has 0 aliphatic carbocycles. The molecule has 1 unspecified atom stereocenters. The Kier molecular flexibility index (Phi) is 5.28. The molecule has 3 N–H and O–H groups in total. The van der Waals surface area contributed by atoms with Crippen molar-refractivity contribution in [3.05, 3.63) is 23.2 Å². The first-order valence-electron chi connectivity index (χ1n) is 5.83. The number of halogens is 1. The number of nitrogens with one attached hydrogen (secondary N) is 1. The van der Waals surface area contributed by atoms with Crippen LogP contribution in [0, 0.1) is 5.92 Å². The Morgan fingerprint density at radius 1 is 1.50 bits per heavy atom. The van der Waals surface area contributed by atoms with Crippen molar-refractivity contribution in [2.45, 2.75) is 26.3 Å². The fraction of sp³-hybridized carbons (Fsp3) is 0.462. The maximum atomic E-state index is 11.7. The highest BCUT2D eigenvalue weighted by atomic mass is 35.5. The number of methoxy groups -OCH3 is 1. The summed E-state index contributed by atoms with van der Waals surface area (Å²) in [6.07, 6.45) is 0.665. The number of hydrogen-bond acceptors (Lipinski definition) is 4. The smallest absolute Gasteiger partial charge is 0.328 e. The van der Waals surface area contributed by atoms with Gasteiger partial charge in [-0.15, -0.1) is 0 Å². The minimum absolute atomic E-state index is 0.303. The first-order chi connectivity index (χ1) is 8.43. The van der Waals surface area contributed by atoms with E-state index in [1.54, 1.807) is 18.2 Å². The third-order valence-electron chi connectivity index (χ3n) is 2.54. The number of nitrogen functional groups attached to an aromatic ring is 1. The van der Waals surface area contributed by atoms with Crippen LogP contribution in [0.5, 0.6) is 0 Å². The molecule has 1 rings (SSSR count). The SMILES string of the molecule is COC(=O)C(CC(C)C)Nc1cc(Cl)ccc1N. The summed E-state index contributed by atoms with van der Waals surface area (Å²) in [5, 5.41) is 3.66. The van der Waals surface area contributed by atoms with Gasteiger partial charge in [-0.2, -0.15) is 0 Å². The van der Waals surface area contributed by atoms with Crippen molar-refractivity contribution in [2.24, 2.45) is 5.92 Å². The van der Waals surface area contributed by atoms with Crippen LogP contribution < -0.4 is 11.1 Å². The van der Waals surface area contributed by atoms with Crippen LogP contribution in [0.2, 0.25) is 5.02 Å². The monoisotopic (exact) mass is 270 g/mol. The van der Waals surface area contributed by atoms with E-state index in [-0.39, 0.29) is 5.97 Å². The molecule has 18 heavy (non-hydrogen) atoms. The minimum Gasteiger partial charge on any atom is -0.467 e. The van der Waals surface area contributed by atoms with Gasteiger partial charge in [0.25, 0.3) is 0 Å². The third-order valence-corrected chi connectivity index (χ3v) is 2.77. The molecule has 100 valence electrons. The van der Waals surface area contributed by atoms with Crippen LogP contribution in [0.3, 0.4) is 0 Å². The predicted octanol–water partition coefficient (Wildman–Crippen LogP) is 2.92. The first kappa shape index (κ1) is 14.6. The van der Waals surface area contributed by atoms with Crippen molar-refractivity contribution in [3.63, 3.8) is 0 Å². The fourth-order valence-corrected chi connectivity index (χ4v) is 1.84. The second-order valence-corrected chi connectivity index (χ2v) is 5.02. The third kappa shape index (κ3) is 4.11. The molecule has 1 aromatic carbocycles. The Morgan fingerprint density at radius 2 is 2.17 bits per heavy atom. The van der Waals surface area contributed by atoms with E-state index in [0.717, 1.165) is 0 Å². The van der Waals surface area contributed by atoms with Crippen LogP contribution in [0.15, 0.2) is 18.2 Å². The molecule has 0 fully saturated rings. The van der Waals surface area contributed by atoms with Crippen LogP contribution in [0.4, 0.5) is 11.4 Å². The van der Waals surface area contributed by atoms with E-state index >= 15 is 0 Å². The van der Waals surface area contributed by atoms with E-state index in [1.807, 2.05) is 13.8 Å². The second-order valence-electron chi connectivity index (χ2n) is 4.58. The summed E-state index contributed by atoms with van der Waals surface area (Å²) in [7, 11) is 1.37. The van der Waals surface area contributed by atoms with Crippen molar-refractivity contribution in [2.75, 3.05) is 18.2 Å². The summed E-state index contributed by atoms with van der Waals surface area (Å²) in [5.41, 5.74) is 7.04. The number of ether oxygens (including phenoxy) is 1. The molecule has 0 heterocycles. The van der Waals surface area contributed by atoms with E-state index in [4.69, 9.17) is 22.1 Å². The van der Waals surface area contributed by atoms with Gasteiger partial charge in [0.05, 0.1) is 18.5 Å². The van der Waals surface area contributed by atoms with Crippen molar-refractivity contribution < 1.29 is 9.53 Å². The predicted molar refractivity (Wildman–Crippen MR) is 74.7 cm³/mol. The van der Waals surface area contributed by atoms with E-state index in [9.17, 15) is 4.79 Å². The molecule has 0 saturated heterocycles. The molecule has 0 saturated carbocycles. The van der Waals surface area contributed by atoms with Crippen molar-refractivity contribution in [1.82, 2.24) is 0 Å². The summed E-state index contributed by atoms with van der Waals surface area (Å²) in [6, 6.07) is 4.69. The highest BCUT2D eigenvalue weighted by Crippen LogP contribution is 2.25. The van der Waals surface area contributed by atoms with E-state index in [1.165, 1.54) is 7.11 Å². The number of benzene rings is 1. The van der Waals surface area contributed by atoms with E-state index < -0.39 is 6.04 Å². The summed E-state index contributed by atoms with van der Waals surface area (Å²) < 4.78 is 4.78. The van der Waals surface area contributed by atoms with Gasteiger partial charge in [0.1, 0.15) is 6.04 Å². The standard InChI is InChI=1S/C13H19ClN2O2/c1-8(2)6-12(13(17)18-3)16-11-7-9(14)4-5-10(11)15/h4-5,7-8,12,16H,6,15H2,1-3H3. The van der Waals surface area contributed by atoms with Gasteiger partial charge in [0.2, 0.25) is 0 Å².